The van der Waals surface area contributed by atoms with Crippen LogP contribution >= 0.6 is 0 Å². The zero-order chi connectivity index (χ0) is 37.7. The lowest BCUT2D eigenvalue weighted by molar-refractivity contribution is 0.670. The smallest absolute Gasteiger partial charge is 0.145 e. The van der Waals surface area contributed by atoms with Crippen LogP contribution in [0.2, 0.25) is 0 Å². The normalized spacial score (nSPS) is 11.5. The number of aromatic nitrogens is 1. The third kappa shape index (κ3) is 5.51. The minimum Gasteiger partial charge on any atom is -0.455 e. The maximum Gasteiger partial charge on any atom is 0.145 e. The van der Waals surface area contributed by atoms with Gasteiger partial charge >= 0.3 is 0 Å². The van der Waals surface area contributed by atoms with Gasteiger partial charge in [-0.25, -0.2) is 0 Å². The van der Waals surface area contributed by atoms with Crippen molar-refractivity contribution in [3.8, 4) is 39.1 Å². The van der Waals surface area contributed by atoms with Crippen molar-refractivity contribution >= 4 is 60.8 Å². The van der Waals surface area contributed by atoms with Crippen LogP contribution in [0.5, 0.6) is 0 Å². The predicted molar refractivity (Wildman–Crippen MR) is 239 cm³/mol. The fourth-order valence-corrected chi connectivity index (χ4v) is 8.64. The Bertz CT molecular complexity index is 3190. The number of nitrogens with zero attached hydrogens (tertiary/aromatic N) is 2. The first-order chi connectivity index (χ1) is 28.3. The van der Waals surface area contributed by atoms with Gasteiger partial charge in [0.15, 0.2) is 0 Å². The topological polar surface area (TPSA) is 21.3 Å². The second kappa shape index (κ2) is 13.6. The number of fused-ring (bicyclic) bond motifs is 6. The second-order valence-electron chi connectivity index (χ2n) is 14.5. The summed E-state index contributed by atoms with van der Waals surface area (Å²) in [6, 6.07) is 78.1. The standard InChI is InChI=1S/C54H36N2O/c1-3-17-37(18-4-1)39-21-15-23-41(35-39)56(48-29-11-7-25-43(48)38-19-5-2-6-20-38)51-34-33-47-46-28-10-14-32-52(46)57-54(47)53(51)40-22-16-24-42(36-40)55-49-30-12-8-26-44(49)45-27-9-13-31-50(45)55/h1-36H. The lowest BCUT2D eigenvalue weighted by Crippen LogP contribution is -2.13. The fraction of sp³-hybridized carbons (Fsp3) is 0. The first kappa shape index (κ1) is 32.8. The lowest BCUT2D eigenvalue weighted by atomic mass is 9.96. The Morgan fingerprint density at radius 2 is 0.965 bits per heavy atom. The molecule has 0 spiro atoms. The van der Waals surface area contributed by atoms with E-state index in [1.807, 2.05) is 6.07 Å². The molecular weight excluding hydrogens is 693 g/mol. The molecule has 9 aromatic carbocycles. The van der Waals surface area contributed by atoms with E-state index in [1.54, 1.807) is 0 Å². The number of para-hydroxylation sites is 4. The van der Waals surface area contributed by atoms with Crippen LogP contribution in [0.3, 0.4) is 0 Å². The van der Waals surface area contributed by atoms with Gasteiger partial charge in [0.05, 0.1) is 22.4 Å². The molecule has 0 aliphatic heterocycles. The summed E-state index contributed by atoms with van der Waals surface area (Å²) in [6.07, 6.45) is 0. The zero-order valence-corrected chi connectivity index (χ0v) is 31.1. The van der Waals surface area contributed by atoms with Crippen LogP contribution < -0.4 is 4.90 Å². The summed E-state index contributed by atoms with van der Waals surface area (Å²) in [5, 5.41) is 4.66. The molecule has 2 heterocycles. The summed E-state index contributed by atoms with van der Waals surface area (Å²) in [7, 11) is 0. The van der Waals surface area contributed by atoms with E-state index in [0.29, 0.717) is 0 Å². The van der Waals surface area contributed by atoms with Gasteiger partial charge in [0.25, 0.3) is 0 Å². The van der Waals surface area contributed by atoms with Gasteiger partial charge < -0.3 is 13.9 Å². The number of anilines is 3. The third-order valence-electron chi connectivity index (χ3n) is 11.2. The molecule has 0 fully saturated rings. The Labute approximate surface area is 330 Å². The van der Waals surface area contributed by atoms with Crippen LogP contribution in [-0.2, 0) is 0 Å². The van der Waals surface area contributed by atoms with Crippen LogP contribution in [0, 0.1) is 0 Å². The van der Waals surface area contributed by atoms with Gasteiger partial charge in [-0.2, -0.15) is 0 Å². The summed E-state index contributed by atoms with van der Waals surface area (Å²) in [5.41, 5.74) is 15.0. The van der Waals surface area contributed by atoms with E-state index in [-0.39, 0.29) is 0 Å². The summed E-state index contributed by atoms with van der Waals surface area (Å²) in [5.74, 6) is 0. The number of rotatable bonds is 7. The monoisotopic (exact) mass is 728 g/mol. The molecule has 0 aliphatic carbocycles. The van der Waals surface area contributed by atoms with Gasteiger partial charge in [-0.3, -0.25) is 0 Å². The van der Waals surface area contributed by atoms with E-state index in [1.165, 1.54) is 27.4 Å². The van der Waals surface area contributed by atoms with Crippen molar-refractivity contribution in [3.63, 3.8) is 0 Å². The van der Waals surface area contributed by atoms with Gasteiger partial charge in [0.1, 0.15) is 11.2 Å². The van der Waals surface area contributed by atoms with Crippen molar-refractivity contribution in [1.29, 1.82) is 0 Å². The average molecular weight is 729 g/mol. The Morgan fingerprint density at radius 1 is 0.368 bits per heavy atom. The van der Waals surface area contributed by atoms with Gasteiger partial charge in [-0.05, 0) is 82.9 Å². The second-order valence-corrected chi connectivity index (χ2v) is 14.5. The minimum absolute atomic E-state index is 0.856. The van der Waals surface area contributed by atoms with Crippen molar-refractivity contribution in [2.45, 2.75) is 0 Å². The molecule has 11 aromatic rings. The van der Waals surface area contributed by atoms with E-state index >= 15 is 0 Å². The molecule has 0 aliphatic rings. The molecule has 0 saturated carbocycles. The SMILES string of the molecule is c1ccc(-c2cccc(N(c3ccccc3-c3ccccc3)c3ccc4c(oc5ccccc54)c3-c3cccc(-n4c5ccccc5c5ccccc54)c3)c2)cc1. The Hall–Kier alpha value is -7.62. The highest BCUT2D eigenvalue weighted by Gasteiger charge is 2.25. The fourth-order valence-electron chi connectivity index (χ4n) is 8.64. The molecule has 0 unspecified atom stereocenters. The molecule has 11 rings (SSSR count). The van der Waals surface area contributed by atoms with Crippen molar-refractivity contribution in [2.24, 2.45) is 0 Å². The number of hydrogen-bond acceptors (Lipinski definition) is 2. The van der Waals surface area contributed by atoms with Crippen LogP contribution in [0.1, 0.15) is 0 Å². The molecule has 0 saturated heterocycles. The molecule has 0 radical (unpaired) electrons. The van der Waals surface area contributed by atoms with Gasteiger partial charge in [-0.1, -0.05) is 158 Å². The van der Waals surface area contributed by atoms with Crippen LogP contribution in [0.4, 0.5) is 17.1 Å². The summed E-state index contributed by atoms with van der Waals surface area (Å²) in [4.78, 5) is 2.42. The first-order valence-electron chi connectivity index (χ1n) is 19.4. The van der Waals surface area contributed by atoms with Crippen molar-refractivity contribution < 1.29 is 4.42 Å². The van der Waals surface area contributed by atoms with Crippen LogP contribution in [0.25, 0.3) is 82.8 Å². The Kier molecular flexibility index (Phi) is 7.82. The summed E-state index contributed by atoms with van der Waals surface area (Å²) in [6.45, 7) is 0. The van der Waals surface area contributed by atoms with Crippen LogP contribution in [0.15, 0.2) is 223 Å². The number of hydrogen-bond donors (Lipinski definition) is 0. The third-order valence-corrected chi connectivity index (χ3v) is 11.2. The number of furan rings is 1. The Balaban J connectivity index is 1.22. The molecule has 3 heteroatoms. The highest BCUT2D eigenvalue weighted by molar-refractivity contribution is 6.14. The van der Waals surface area contributed by atoms with E-state index in [0.717, 1.165) is 72.5 Å². The highest BCUT2D eigenvalue weighted by atomic mass is 16.3. The van der Waals surface area contributed by atoms with Gasteiger partial charge in [0.2, 0.25) is 0 Å². The predicted octanol–water partition coefficient (Wildman–Crippen LogP) is 15.2. The van der Waals surface area contributed by atoms with E-state index in [9.17, 15) is 0 Å². The molecule has 3 nitrogen and oxygen atoms in total. The minimum atomic E-state index is 0.856. The quantitative estimate of drug-likeness (QED) is 0.163. The van der Waals surface area contributed by atoms with Crippen molar-refractivity contribution in [1.82, 2.24) is 4.57 Å². The van der Waals surface area contributed by atoms with Gasteiger partial charge in [-0.15, -0.1) is 0 Å². The van der Waals surface area contributed by atoms with E-state index in [2.05, 4.69) is 222 Å². The molecule has 57 heavy (non-hydrogen) atoms. The lowest BCUT2D eigenvalue weighted by Gasteiger charge is -2.30. The van der Waals surface area contributed by atoms with Crippen LogP contribution in [-0.4, -0.2) is 4.57 Å². The molecule has 2 aromatic heterocycles. The number of benzene rings is 9. The van der Waals surface area contributed by atoms with Crippen molar-refractivity contribution in [3.05, 3.63) is 218 Å². The maximum absolute atomic E-state index is 6.95. The first-order valence-corrected chi connectivity index (χ1v) is 19.4. The van der Waals surface area contributed by atoms with E-state index in [4.69, 9.17) is 4.42 Å². The van der Waals surface area contributed by atoms with E-state index < -0.39 is 0 Å². The zero-order valence-electron chi connectivity index (χ0n) is 31.1. The summed E-state index contributed by atoms with van der Waals surface area (Å²) >= 11 is 0. The highest BCUT2D eigenvalue weighted by Crippen LogP contribution is 2.49. The average Bonchev–Trinajstić information content (AvgIpc) is 3.83. The molecule has 0 N–H and O–H groups in total. The Morgan fingerprint density at radius 3 is 1.74 bits per heavy atom. The summed E-state index contributed by atoms with van der Waals surface area (Å²) < 4.78 is 9.33. The molecule has 0 amide bonds. The molecule has 0 bridgehead atoms. The molecule has 0 atom stereocenters. The van der Waals surface area contributed by atoms with Crippen molar-refractivity contribution in [2.75, 3.05) is 4.90 Å². The molecule has 268 valence electrons. The van der Waals surface area contributed by atoms with Gasteiger partial charge in [0, 0.05) is 44.0 Å². The molecular formula is C54H36N2O. The largest absolute Gasteiger partial charge is 0.455 e. The maximum atomic E-state index is 6.95.